The highest BCUT2D eigenvalue weighted by molar-refractivity contribution is 7.11. The van der Waals surface area contributed by atoms with E-state index in [1.54, 1.807) is 24.3 Å². The molecule has 6 heteroatoms. The first kappa shape index (κ1) is 19.9. The molecular formula is C24H22N2O3S. The van der Waals surface area contributed by atoms with Crippen molar-refractivity contribution in [2.24, 2.45) is 0 Å². The van der Waals surface area contributed by atoms with Crippen LogP contribution in [0, 0.1) is 0 Å². The number of nitrogens with zero attached hydrogens (tertiary/aromatic N) is 1. The number of anilines is 2. The third kappa shape index (κ3) is 3.74. The summed E-state index contributed by atoms with van der Waals surface area (Å²) in [6.45, 7) is 4.55. The van der Waals surface area contributed by atoms with Gasteiger partial charge in [0.2, 0.25) is 0 Å². The van der Waals surface area contributed by atoms with Crippen LogP contribution >= 0.6 is 11.3 Å². The molecule has 0 fully saturated rings. The lowest BCUT2D eigenvalue weighted by Crippen LogP contribution is -2.32. The highest BCUT2D eigenvalue weighted by atomic mass is 32.1. The van der Waals surface area contributed by atoms with Crippen LogP contribution in [0.5, 0.6) is 5.75 Å². The molecule has 0 aliphatic carbocycles. The van der Waals surface area contributed by atoms with Crippen LogP contribution in [0.1, 0.15) is 24.3 Å². The molecule has 30 heavy (non-hydrogen) atoms. The highest BCUT2D eigenvalue weighted by Crippen LogP contribution is 2.36. The molecule has 0 spiro atoms. The van der Waals surface area contributed by atoms with Gasteiger partial charge in [-0.3, -0.25) is 9.59 Å². The number of hydrogen-bond donors (Lipinski definition) is 1. The minimum Gasteiger partial charge on any atom is -0.494 e. The molecule has 1 aliphatic heterocycles. The summed E-state index contributed by atoms with van der Waals surface area (Å²) >= 11 is 1.44. The van der Waals surface area contributed by atoms with E-state index in [0.717, 1.165) is 17.0 Å². The Morgan fingerprint density at radius 2 is 1.67 bits per heavy atom. The first-order valence-electron chi connectivity index (χ1n) is 9.88. The van der Waals surface area contributed by atoms with E-state index in [9.17, 15) is 9.59 Å². The Morgan fingerprint density at radius 1 is 0.933 bits per heavy atom. The molecule has 2 aromatic carbocycles. The van der Waals surface area contributed by atoms with Crippen molar-refractivity contribution in [1.82, 2.24) is 0 Å². The van der Waals surface area contributed by atoms with E-state index in [0.29, 0.717) is 29.3 Å². The predicted octanol–water partition coefficient (Wildman–Crippen LogP) is 5.11. The average Bonchev–Trinajstić information content (AvgIpc) is 3.37. The van der Waals surface area contributed by atoms with Crippen molar-refractivity contribution in [3.63, 3.8) is 0 Å². The van der Waals surface area contributed by atoms with Gasteiger partial charge >= 0.3 is 0 Å². The molecule has 1 aliphatic rings. The van der Waals surface area contributed by atoms with Crippen LogP contribution < -0.4 is 15.0 Å². The van der Waals surface area contributed by atoms with Gasteiger partial charge in [-0.1, -0.05) is 25.1 Å². The number of rotatable bonds is 7. The zero-order chi connectivity index (χ0) is 21.1. The summed E-state index contributed by atoms with van der Waals surface area (Å²) in [4.78, 5) is 28.6. The van der Waals surface area contributed by atoms with E-state index in [1.165, 1.54) is 21.8 Å². The number of carbonyl (C=O) groups excluding carboxylic acids is 2. The van der Waals surface area contributed by atoms with Crippen LogP contribution in [0.15, 0.2) is 71.7 Å². The maximum absolute atomic E-state index is 13.3. The molecular weight excluding hydrogens is 396 g/mol. The summed E-state index contributed by atoms with van der Waals surface area (Å²) in [5, 5.41) is 5.09. The number of carbonyl (C=O) groups is 2. The standard InChI is InChI=1S/C24H22N2O3S/c1-3-16-7-9-17(10-8-16)25-22-21(20-6-5-15-30-20)23(27)26(24(22)28)18-11-13-19(14-12-18)29-4-2/h5-15,25H,3-4H2,1-2H3. The zero-order valence-corrected chi connectivity index (χ0v) is 17.7. The predicted molar refractivity (Wildman–Crippen MR) is 121 cm³/mol. The van der Waals surface area contributed by atoms with Gasteiger partial charge in [-0.2, -0.15) is 0 Å². The largest absolute Gasteiger partial charge is 0.494 e. The Hall–Kier alpha value is -3.38. The molecule has 5 nitrogen and oxygen atoms in total. The number of benzene rings is 2. The van der Waals surface area contributed by atoms with Crippen LogP contribution in [0.25, 0.3) is 5.57 Å². The third-order valence-corrected chi connectivity index (χ3v) is 5.78. The first-order valence-corrected chi connectivity index (χ1v) is 10.8. The quantitative estimate of drug-likeness (QED) is 0.542. The summed E-state index contributed by atoms with van der Waals surface area (Å²) in [7, 11) is 0. The Balaban J connectivity index is 1.70. The number of amides is 2. The Labute approximate surface area is 179 Å². The fourth-order valence-corrected chi connectivity index (χ4v) is 4.12. The number of hydrogen-bond acceptors (Lipinski definition) is 5. The number of thiophene rings is 1. The number of ether oxygens (including phenoxy) is 1. The molecule has 0 saturated heterocycles. The van der Waals surface area contributed by atoms with Crippen molar-refractivity contribution in [3.8, 4) is 5.75 Å². The molecule has 3 aromatic rings. The molecule has 0 saturated carbocycles. The summed E-state index contributed by atoms with van der Waals surface area (Å²) in [6.07, 6.45) is 0.937. The van der Waals surface area contributed by atoms with Gasteiger partial charge in [0.25, 0.3) is 11.8 Å². The Bertz CT molecular complexity index is 1080. The van der Waals surface area contributed by atoms with Crippen LogP contribution in [0.3, 0.4) is 0 Å². The van der Waals surface area contributed by atoms with Crippen molar-refractivity contribution in [1.29, 1.82) is 0 Å². The summed E-state index contributed by atoms with van der Waals surface area (Å²) in [6, 6.07) is 18.6. The second kappa shape index (κ2) is 8.55. The van der Waals surface area contributed by atoms with Crippen LogP contribution in [0.2, 0.25) is 0 Å². The zero-order valence-electron chi connectivity index (χ0n) is 16.8. The van der Waals surface area contributed by atoms with E-state index < -0.39 is 0 Å². The van der Waals surface area contributed by atoms with Gasteiger partial charge in [0.1, 0.15) is 11.4 Å². The molecule has 1 aromatic heterocycles. The minimum atomic E-state index is -0.368. The normalized spacial score (nSPS) is 13.9. The molecule has 4 rings (SSSR count). The fourth-order valence-electron chi connectivity index (χ4n) is 3.36. The van der Waals surface area contributed by atoms with E-state index in [-0.39, 0.29) is 11.8 Å². The number of imide groups is 1. The van der Waals surface area contributed by atoms with Crippen molar-refractivity contribution in [3.05, 3.63) is 82.2 Å². The van der Waals surface area contributed by atoms with Crippen LogP contribution in [-0.2, 0) is 16.0 Å². The third-order valence-electron chi connectivity index (χ3n) is 4.89. The van der Waals surface area contributed by atoms with Crippen molar-refractivity contribution in [2.45, 2.75) is 20.3 Å². The van der Waals surface area contributed by atoms with Gasteiger partial charge in [0.15, 0.2) is 0 Å². The van der Waals surface area contributed by atoms with Crippen molar-refractivity contribution < 1.29 is 14.3 Å². The topological polar surface area (TPSA) is 58.6 Å². The van der Waals surface area contributed by atoms with Gasteiger partial charge < -0.3 is 10.1 Å². The monoisotopic (exact) mass is 418 g/mol. The average molecular weight is 419 g/mol. The molecule has 2 amide bonds. The molecule has 0 atom stereocenters. The Morgan fingerprint density at radius 3 is 2.27 bits per heavy atom. The van der Waals surface area contributed by atoms with Gasteiger partial charge in [-0.25, -0.2) is 4.90 Å². The lowest BCUT2D eigenvalue weighted by atomic mass is 10.1. The molecule has 1 N–H and O–H groups in total. The summed E-state index contributed by atoms with van der Waals surface area (Å²) in [5.41, 5.74) is 3.17. The van der Waals surface area contributed by atoms with Crippen LogP contribution in [0.4, 0.5) is 11.4 Å². The summed E-state index contributed by atoms with van der Waals surface area (Å²) < 4.78 is 5.47. The second-order valence-corrected chi connectivity index (χ2v) is 7.72. The van der Waals surface area contributed by atoms with Crippen molar-refractivity contribution in [2.75, 3.05) is 16.8 Å². The lowest BCUT2D eigenvalue weighted by Gasteiger charge is -2.16. The molecule has 2 heterocycles. The van der Waals surface area contributed by atoms with E-state index in [2.05, 4.69) is 12.2 Å². The van der Waals surface area contributed by atoms with Crippen molar-refractivity contribution >= 4 is 40.1 Å². The first-order chi connectivity index (χ1) is 14.6. The van der Waals surface area contributed by atoms with E-state index in [1.807, 2.05) is 48.7 Å². The molecule has 0 unspecified atom stereocenters. The highest BCUT2D eigenvalue weighted by Gasteiger charge is 2.40. The van der Waals surface area contributed by atoms with Gasteiger partial charge in [0.05, 0.1) is 17.9 Å². The Kier molecular flexibility index (Phi) is 5.68. The SMILES string of the molecule is CCOc1ccc(N2C(=O)C(Nc3ccc(CC)cc3)=C(c3cccs3)C2=O)cc1. The summed E-state index contributed by atoms with van der Waals surface area (Å²) in [5.74, 6) is -0.00689. The molecule has 0 bridgehead atoms. The number of nitrogens with one attached hydrogen (secondary N) is 1. The van der Waals surface area contributed by atoms with E-state index in [4.69, 9.17) is 4.74 Å². The maximum Gasteiger partial charge on any atom is 0.282 e. The second-order valence-electron chi connectivity index (χ2n) is 6.78. The van der Waals surface area contributed by atoms with Gasteiger partial charge in [-0.15, -0.1) is 11.3 Å². The number of aryl methyl sites for hydroxylation is 1. The maximum atomic E-state index is 13.3. The smallest absolute Gasteiger partial charge is 0.282 e. The fraction of sp³-hybridized carbons (Fsp3) is 0.167. The van der Waals surface area contributed by atoms with Gasteiger partial charge in [-0.05, 0) is 66.8 Å². The lowest BCUT2D eigenvalue weighted by molar-refractivity contribution is -0.120. The minimum absolute atomic E-state index is 0.292. The molecule has 0 radical (unpaired) electrons. The molecule has 152 valence electrons. The van der Waals surface area contributed by atoms with E-state index >= 15 is 0 Å². The van der Waals surface area contributed by atoms with Crippen LogP contribution in [-0.4, -0.2) is 18.4 Å². The van der Waals surface area contributed by atoms with Gasteiger partial charge in [0, 0.05) is 10.6 Å².